The highest BCUT2D eigenvalue weighted by Crippen LogP contribution is 2.43. The Bertz CT molecular complexity index is 845. The van der Waals surface area contributed by atoms with Gasteiger partial charge in [0.1, 0.15) is 0 Å². The molecule has 0 aromatic heterocycles. The molecule has 0 rings (SSSR count). The Balaban J connectivity index is 4.19. The normalized spacial score (nSPS) is 15.0. The first-order chi connectivity index (χ1) is 21.9. The van der Waals surface area contributed by atoms with E-state index in [2.05, 4.69) is 67.8 Å². The maximum atomic E-state index is 12.6. The molecule has 0 spiro atoms. The fourth-order valence-corrected chi connectivity index (χ4v) is 5.53. The standard InChI is InChI=1S/C36H67N2O6P/c1-3-5-7-9-11-12-13-14-15-16-17-18-19-20-21-22-24-26-28-30-36(40)38-34(33-44-45(41,42)43-32-31-37)35(39)29-27-25-23-10-8-6-4-2/h5,7,11-12,14-15,17-18,34-35,39H,3-4,6,8-10,13,16,19-33,37H2,1-2H3,(H,38,40)(H,41,42)/b7-5-,12-11-,15-14-,18-17-. The number of nitrogens with two attached hydrogens (primary N) is 1. The molecular weight excluding hydrogens is 587 g/mol. The van der Waals surface area contributed by atoms with Gasteiger partial charge < -0.3 is 21.1 Å². The summed E-state index contributed by atoms with van der Waals surface area (Å²) in [6, 6.07) is -0.780. The van der Waals surface area contributed by atoms with Crippen molar-refractivity contribution in [3.63, 3.8) is 0 Å². The van der Waals surface area contributed by atoms with Crippen molar-refractivity contribution < 1.29 is 28.4 Å². The van der Waals surface area contributed by atoms with Gasteiger partial charge in [-0.25, -0.2) is 4.57 Å². The monoisotopic (exact) mass is 654 g/mol. The van der Waals surface area contributed by atoms with Crippen LogP contribution in [0.4, 0.5) is 0 Å². The van der Waals surface area contributed by atoms with Crippen molar-refractivity contribution in [1.29, 1.82) is 0 Å². The summed E-state index contributed by atoms with van der Waals surface area (Å²) >= 11 is 0. The average molecular weight is 655 g/mol. The third-order valence-electron chi connectivity index (χ3n) is 7.45. The topological polar surface area (TPSA) is 131 Å². The number of unbranched alkanes of at least 4 members (excludes halogenated alkanes) is 12. The molecule has 0 bridgehead atoms. The van der Waals surface area contributed by atoms with Gasteiger partial charge in [0.05, 0.1) is 25.4 Å². The number of nitrogens with one attached hydrogen (secondary N) is 1. The van der Waals surface area contributed by atoms with Crippen LogP contribution in [0.5, 0.6) is 0 Å². The van der Waals surface area contributed by atoms with E-state index < -0.39 is 20.0 Å². The summed E-state index contributed by atoms with van der Waals surface area (Å²) in [7, 11) is -4.30. The maximum Gasteiger partial charge on any atom is 0.472 e. The molecule has 9 heteroatoms. The van der Waals surface area contributed by atoms with E-state index in [-0.39, 0.29) is 25.7 Å². The Kier molecular flexibility index (Phi) is 31.3. The molecule has 45 heavy (non-hydrogen) atoms. The summed E-state index contributed by atoms with van der Waals surface area (Å²) in [5.41, 5.74) is 5.34. The quantitative estimate of drug-likeness (QED) is 0.0323. The van der Waals surface area contributed by atoms with Crippen LogP contribution in [0.3, 0.4) is 0 Å². The third kappa shape index (κ3) is 30.9. The number of phosphoric ester groups is 1. The number of carbonyl (C=O) groups excluding carboxylic acids is 1. The van der Waals surface area contributed by atoms with Crippen LogP contribution in [0, 0.1) is 0 Å². The molecule has 0 aromatic rings. The SMILES string of the molecule is CC/C=C\C/C=C\C/C=C\C/C=C\CCCCCCCCC(=O)NC(COP(=O)(O)OCCN)C(O)CCCCCCCCC. The van der Waals surface area contributed by atoms with Gasteiger partial charge in [-0.05, 0) is 51.4 Å². The van der Waals surface area contributed by atoms with E-state index in [0.717, 1.165) is 77.0 Å². The van der Waals surface area contributed by atoms with Crippen LogP contribution in [0.1, 0.15) is 142 Å². The van der Waals surface area contributed by atoms with E-state index in [0.29, 0.717) is 12.8 Å². The Morgan fingerprint density at radius 1 is 0.756 bits per heavy atom. The molecule has 8 nitrogen and oxygen atoms in total. The molecule has 0 saturated heterocycles. The van der Waals surface area contributed by atoms with E-state index in [1.54, 1.807) is 0 Å². The van der Waals surface area contributed by atoms with Gasteiger partial charge in [-0.1, -0.05) is 133 Å². The van der Waals surface area contributed by atoms with Crippen molar-refractivity contribution >= 4 is 13.7 Å². The number of hydrogen-bond donors (Lipinski definition) is 4. The minimum absolute atomic E-state index is 0.0836. The summed E-state index contributed by atoms with van der Waals surface area (Å²) in [6.07, 6.45) is 37.0. The summed E-state index contributed by atoms with van der Waals surface area (Å²) in [4.78, 5) is 22.5. The van der Waals surface area contributed by atoms with Gasteiger partial charge in [0, 0.05) is 13.0 Å². The lowest BCUT2D eigenvalue weighted by atomic mass is 10.0. The number of hydrogen-bond acceptors (Lipinski definition) is 6. The third-order valence-corrected chi connectivity index (χ3v) is 8.43. The first kappa shape index (κ1) is 43.5. The minimum atomic E-state index is -4.30. The van der Waals surface area contributed by atoms with Gasteiger partial charge in [0.15, 0.2) is 0 Å². The lowest BCUT2D eigenvalue weighted by Crippen LogP contribution is -2.46. The first-order valence-corrected chi connectivity index (χ1v) is 19.2. The van der Waals surface area contributed by atoms with Crippen molar-refractivity contribution in [2.75, 3.05) is 19.8 Å². The maximum absolute atomic E-state index is 12.6. The van der Waals surface area contributed by atoms with Crippen molar-refractivity contribution in [3.05, 3.63) is 48.6 Å². The molecule has 0 fully saturated rings. The lowest BCUT2D eigenvalue weighted by Gasteiger charge is -2.25. The highest BCUT2D eigenvalue weighted by atomic mass is 31.2. The van der Waals surface area contributed by atoms with Crippen LogP contribution in [0.25, 0.3) is 0 Å². The second kappa shape index (κ2) is 32.4. The van der Waals surface area contributed by atoms with Gasteiger partial charge in [-0.2, -0.15) is 0 Å². The zero-order valence-electron chi connectivity index (χ0n) is 28.6. The lowest BCUT2D eigenvalue weighted by molar-refractivity contribution is -0.123. The number of aliphatic hydroxyl groups is 1. The van der Waals surface area contributed by atoms with Crippen molar-refractivity contribution in [2.45, 2.75) is 154 Å². The van der Waals surface area contributed by atoms with Crippen LogP contribution in [0.2, 0.25) is 0 Å². The number of allylic oxidation sites excluding steroid dienone is 8. The Hall–Kier alpha value is -1.54. The molecule has 262 valence electrons. The molecule has 5 N–H and O–H groups in total. The number of carbonyl (C=O) groups is 1. The van der Waals surface area contributed by atoms with Crippen molar-refractivity contribution in [1.82, 2.24) is 5.32 Å². The fraction of sp³-hybridized carbons (Fsp3) is 0.750. The van der Waals surface area contributed by atoms with Crippen LogP contribution < -0.4 is 11.1 Å². The molecule has 0 saturated carbocycles. The molecule has 0 aromatic carbocycles. The Morgan fingerprint density at radius 3 is 1.89 bits per heavy atom. The molecule has 3 atom stereocenters. The molecule has 0 aliphatic carbocycles. The first-order valence-electron chi connectivity index (χ1n) is 17.8. The van der Waals surface area contributed by atoms with E-state index >= 15 is 0 Å². The number of rotatable bonds is 32. The minimum Gasteiger partial charge on any atom is -0.391 e. The summed E-state index contributed by atoms with van der Waals surface area (Å²) < 4.78 is 22.0. The molecule has 0 radical (unpaired) electrons. The second-order valence-electron chi connectivity index (χ2n) is 11.7. The molecule has 1 amide bonds. The molecule has 3 unspecified atom stereocenters. The van der Waals surface area contributed by atoms with E-state index in [9.17, 15) is 19.4 Å². The zero-order valence-corrected chi connectivity index (χ0v) is 29.5. The van der Waals surface area contributed by atoms with Crippen molar-refractivity contribution in [2.24, 2.45) is 5.73 Å². The van der Waals surface area contributed by atoms with Gasteiger partial charge in [0.2, 0.25) is 5.91 Å². The summed E-state index contributed by atoms with van der Waals surface area (Å²) in [5, 5.41) is 13.6. The zero-order chi connectivity index (χ0) is 33.3. The van der Waals surface area contributed by atoms with E-state index in [4.69, 9.17) is 14.8 Å². The predicted molar refractivity (Wildman–Crippen MR) is 189 cm³/mol. The van der Waals surface area contributed by atoms with Gasteiger partial charge in [-0.15, -0.1) is 0 Å². The average Bonchev–Trinajstić information content (AvgIpc) is 3.02. The van der Waals surface area contributed by atoms with E-state index in [1.807, 2.05) is 0 Å². The van der Waals surface area contributed by atoms with Crippen molar-refractivity contribution in [3.8, 4) is 0 Å². The van der Waals surface area contributed by atoms with Gasteiger partial charge in [0.25, 0.3) is 0 Å². The fourth-order valence-electron chi connectivity index (χ4n) is 4.77. The predicted octanol–water partition coefficient (Wildman–Crippen LogP) is 8.99. The highest BCUT2D eigenvalue weighted by Gasteiger charge is 2.27. The van der Waals surface area contributed by atoms with Crippen LogP contribution in [-0.4, -0.2) is 47.8 Å². The number of aliphatic hydroxyl groups excluding tert-OH is 1. The van der Waals surface area contributed by atoms with Crippen LogP contribution >= 0.6 is 7.82 Å². The van der Waals surface area contributed by atoms with Crippen LogP contribution in [0.15, 0.2) is 48.6 Å². The smallest absolute Gasteiger partial charge is 0.391 e. The summed E-state index contributed by atoms with van der Waals surface area (Å²) in [5.74, 6) is -0.183. The van der Waals surface area contributed by atoms with Gasteiger partial charge >= 0.3 is 7.82 Å². The number of amides is 1. The van der Waals surface area contributed by atoms with Crippen LogP contribution in [-0.2, 0) is 18.4 Å². The van der Waals surface area contributed by atoms with E-state index in [1.165, 1.54) is 38.5 Å². The molecule has 0 aliphatic rings. The Labute approximate surface area is 275 Å². The Morgan fingerprint density at radius 2 is 1.29 bits per heavy atom. The number of phosphoric acid groups is 1. The highest BCUT2D eigenvalue weighted by molar-refractivity contribution is 7.47. The van der Waals surface area contributed by atoms with Gasteiger partial charge in [-0.3, -0.25) is 13.8 Å². The largest absolute Gasteiger partial charge is 0.472 e. The molecule has 0 aliphatic heterocycles. The summed E-state index contributed by atoms with van der Waals surface area (Å²) in [6.45, 7) is 4.00. The second-order valence-corrected chi connectivity index (χ2v) is 13.2. The molecule has 0 heterocycles. The molecular formula is C36H67N2O6P.